The number of benzene rings is 2. The number of carbonyl (C=O) groups excluding carboxylic acids is 1. The Hall–Kier alpha value is -2.51. The van der Waals surface area contributed by atoms with Gasteiger partial charge < -0.3 is 4.90 Å². The van der Waals surface area contributed by atoms with E-state index in [4.69, 9.17) is 11.6 Å². The molecule has 0 spiro atoms. The molecule has 0 aliphatic carbocycles. The zero-order valence-corrected chi connectivity index (χ0v) is 15.4. The van der Waals surface area contributed by atoms with Crippen LogP contribution in [0, 0.1) is 15.9 Å². The van der Waals surface area contributed by atoms with Crippen LogP contribution >= 0.6 is 11.6 Å². The van der Waals surface area contributed by atoms with Crippen LogP contribution in [-0.2, 0) is 6.54 Å². The molecule has 0 aromatic heterocycles. The summed E-state index contributed by atoms with van der Waals surface area (Å²) in [6.07, 6.45) is 0.729. The standard InChI is InChI=1S/C19H19ClFN3O3/c20-17-7-6-15(24(26)27)12-16(17)19(25)23-9-3-8-22(10-11-23)13-14-4-1-2-5-18(14)21/h1-2,4-7,12H,3,8-11,13H2. The Kier molecular flexibility index (Phi) is 6.03. The highest BCUT2D eigenvalue weighted by Gasteiger charge is 2.24. The van der Waals surface area contributed by atoms with Gasteiger partial charge in [0.2, 0.25) is 0 Å². The summed E-state index contributed by atoms with van der Waals surface area (Å²) in [5, 5.41) is 11.2. The molecule has 1 aliphatic heterocycles. The lowest BCUT2D eigenvalue weighted by Crippen LogP contribution is -2.35. The highest BCUT2D eigenvalue weighted by Crippen LogP contribution is 2.24. The molecule has 1 amide bonds. The van der Waals surface area contributed by atoms with Crippen LogP contribution in [0.15, 0.2) is 42.5 Å². The first-order valence-corrected chi connectivity index (χ1v) is 9.02. The number of hydrogen-bond donors (Lipinski definition) is 0. The minimum Gasteiger partial charge on any atom is -0.337 e. The van der Waals surface area contributed by atoms with Crippen molar-refractivity contribution in [3.63, 3.8) is 0 Å². The van der Waals surface area contributed by atoms with Crippen molar-refractivity contribution in [3.05, 3.63) is 74.5 Å². The maximum Gasteiger partial charge on any atom is 0.270 e. The molecular weight excluding hydrogens is 373 g/mol. The largest absolute Gasteiger partial charge is 0.337 e. The van der Waals surface area contributed by atoms with Crippen LogP contribution in [0.4, 0.5) is 10.1 Å². The lowest BCUT2D eigenvalue weighted by atomic mass is 10.1. The van der Waals surface area contributed by atoms with E-state index in [1.807, 2.05) is 0 Å². The highest BCUT2D eigenvalue weighted by molar-refractivity contribution is 6.33. The Labute approximate surface area is 161 Å². The van der Waals surface area contributed by atoms with Crippen molar-refractivity contribution >= 4 is 23.2 Å². The van der Waals surface area contributed by atoms with Crippen LogP contribution in [0.5, 0.6) is 0 Å². The number of nitrogens with zero attached hydrogens (tertiary/aromatic N) is 3. The van der Waals surface area contributed by atoms with Crippen molar-refractivity contribution in [3.8, 4) is 0 Å². The highest BCUT2D eigenvalue weighted by atomic mass is 35.5. The second kappa shape index (κ2) is 8.45. The van der Waals surface area contributed by atoms with E-state index >= 15 is 0 Å². The second-order valence-corrected chi connectivity index (χ2v) is 6.84. The van der Waals surface area contributed by atoms with E-state index in [0.29, 0.717) is 31.7 Å². The molecule has 2 aromatic rings. The quantitative estimate of drug-likeness (QED) is 0.588. The average Bonchev–Trinajstić information content (AvgIpc) is 2.89. The van der Waals surface area contributed by atoms with E-state index in [-0.39, 0.29) is 28.0 Å². The lowest BCUT2D eigenvalue weighted by Gasteiger charge is -2.22. The average molecular weight is 392 g/mol. The molecule has 8 heteroatoms. The first-order valence-electron chi connectivity index (χ1n) is 8.64. The van der Waals surface area contributed by atoms with Crippen molar-refractivity contribution in [2.24, 2.45) is 0 Å². The Balaban J connectivity index is 1.69. The molecule has 0 N–H and O–H groups in total. The minimum absolute atomic E-state index is 0.133. The third kappa shape index (κ3) is 4.61. The predicted octanol–water partition coefficient (Wildman–Crippen LogP) is 3.74. The summed E-state index contributed by atoms with van der Waals surface area (Å²) in [6.45, 7) is 2.78. The zero-order valence-electron chi connectivity index (χ0n) is 14.6. The third-order valence-electron chi connectivity index (χ3n) is 4.62. The zero-order chi connectivity index (χ0) is 19.4. The normalized spacial score (nSPS) is 15.4. The van der Waals surface area contributed by atoms with Gasteiger partial charge in [0.15, 0.2) is 0 Å². The number of amides is 1. The predicted molar refractivity (Wildman–Crippen MR) is 100 cm³/mol. The van der Waals surface area contributed by atoms with Gasteiger partial charge in [-0.2, -0.15) is 0 Å². The molecule has 1 aliphatic rings. The summed E-state index contributed by atoms with van der Waals surface area (Å²) in [7, 11) is 0. The van der Waals surface area contributed by atoms with Gasteiger partial charge in [-0.05, 0) is 18.6 Å². The van der Waals surface area contributed by atoms with Crippen LogP contribution < -0.4 is 0 Å². The van der Waals surface area contributed by atoms with Gasteiger partial charge >= 0.3 is 0 Å². The molecule has 6 nitrogen and oxygen atoms in total. The summed E-state index contributed by atoms with van der Waals surface area (Å²) in [6, 6.07) is 10.5. The van der Waals surface area contributed by atoms with Gasteiger partial charge in [0.25, 0.3) is 11.6 Å². The first kappa shape index (κ1) is 19.3. The Morgan fingerprint density at radius 1 is 1.15 bits per heavy atom. The molecule has 27 heavy (non-hydrogen) atoms. The summed E-state index contributed by atoms with van der Waals surface area (Å²) >= 11 is 6.09. The minimum atomic E-state index is -0.550. The summed E-state index contributed by atoms with van der Waals surface area (Å²) in [5.41, 5.74) is 0.589. The second-order valence-electron chi connectivity index (χ2n) is 6.43. The molecule has 1 saturated heterocycles. The molecule has 142 valence electrons. The molecule has 0 saturated carbocycles. The van der Waals surface area contributed by atoms with Crippen molar-refractivity contribution in [1.29, 1.82) is 0 Å². The summed E-state index contributed by atoms with van der Waals surface area (Å²) < 4.78 is 13.9. The molecule has 2 aromatic carbocycles. The smallest absolute Gasteiger partial charge is 0.270 e. The third-order valence-corrected chi connectivity index (χ3v) is 4.95. The molecule has 1 heterocycles. The van der Waals surface area contributed by atoms with Gasteiger partial charge in [-0.15, -0.1) is 0 Å². The Bertz CT molecular complexity index is 862. The topological polar surface area (TPSA) is 66.7 Å². The number of rotatable bonds is 4. The molecule has 1 fully saturated rings. The van der Waals surface area contributed by atoms with Gasteiger partial charge in [-0.3, -0.25) is 19.8 Å². The van der Waals surface area contributed by atoms with Crippen molar-refractivity contribution < 1.29 is 14.1 Å². The number of hydrogen-bond acceptors (Lipinski definition) is 4. The van der Waals surface area contributed by atoms with Gasteiger partial charge in [0.05, 0.1) is 15.5 Å². The van der Waals surface area contributed by atoms with Gasteiger partial charge in [0.1, 0.15) is 5.82 Å². The fourth-order valence-electron chi connectivity index (χ4n) is 3.16. The Morgan fingerprint density at radius 2 is 1.93 bits per heavy atom. The van der Waals surface area contributed by atoms with Crippen molar-refractivity contribution in [2.45, 2.75) is 13.0 Å². The van der Waals surface area contributed by atoms with Crippen LogP contribution in [0.2, 0.25) is 5.02 Å². The molecule has 0 bridgehead atoms. The fourth-order valence-corrected chi connectivity index (χ4v) is 3.36. The number of halogens is 2. The van der Waals surface area contributed by atoms with E-state index in [9.17, 15) is 19.3 Å². The van der Waals surface area contributed by atoms with Gasteiger partial charge in [-0.1, -0.05) is 29.8 Å². The van der Waals surface area contributed by atoms with E-state index in [0.717, 1.165) is 13.0 Å². The van der Waals surface area contributed by atoms with Crippen molar-refractivity contribution in [2.75, 3.05) is 26.2 Å². The molecule has 0 atom stereocenters. The van der Waals surface area contributed by atoms with Crippen LogP contribution in [0.1, 0.15) is 22.3 Å². The molecular formula is C19H19ClFN3O3. The maximum absolute atomic E-state index is 13.9. The first-order chi connectivity index (χ1) is 13.0. The van der Waals surface area contributed by atoms with Gasteiger partial charge in [0, 0.05) is 50.4 Å². The van der Waals surface area contributed by atoms with Crippen LogP contribution in [-0.4, -0.2) is 46.8 Å². The fraction of sp³-hybridized carbons (Fsp3) is 0.316. The molecule has 0 radical (unpaired) electrons. The molecule has 3 rings (SSSR count). The molecule has 0 unspecified atom stereocenters. The monoisotopic (exact) mass is 391 g/mol. The summed E-state index contributed by atoms with van der Waals surface area (Å²) in [4.78, 5) is 27.0. The van der Waals surface area contributed by atoms with E-state index in [2.05, 4.69) is 4.90 Å². The van der Waals surface area contributed by atoms with E-state index < -0.39 is 4.92 Å². The number of non-ortho nitro benzene ring substituents is 1. The number of nitro benzene ring substituents is 1. The maximum atomic E-state index is 13.9. The number of carbonyl (C=O) groups is 1. The van der Waals surface area contributed by atoms with Crippen LogP contribution in [0.3, 0.4) is 0 Å². The summed E-state index contributed by atoms with van der Waals surface area (Å²) in [5.74, 6) is -0.561. The van der Waals surface area contributed by atoms with Crippen LogP contribution in [0.25, 0.3) is 0 Å². The van der Waals surface area contributed by atoms with Crippen molar-refractivity contribution in [1.82, 2.24) is 9.80 Å². The van der Waals surface area contributed by atoms with E-state index in [1.165, 1.54) is 24.3 Å². The van der Waals surface area contributed by atoms with Gasteiger partial charge in [-0.25, -0.2) is 4.39 Å². The number of nitro groups is 1. The Morgan fingerprint density at radius 3 is 2.67 bits per heavy atom. The lowest BCUT2D eigenvalue weighted by molar-refractivity contribution is -0.384. The SMILES string of the molecule is O=C(c1cc([N+](=O)[O-])ccc1Cl)N1CCCN(Cc2ccccc2F)CC1. The van der Waals surface area contributed by atoms with E-state index in [1.54, 1.807) is 23.1 Å².